The van der Waals surface area contributed by atoms with Gasteiger partial charge in [-0.2, -0.15) is 5.10 Å². The lowest BCUT2D eigenvalue weighted by atomic mass is 10.1. The Hall–Kier alpha value is -3.34. The van der Waals surface area contributed by atoms with Crippen molar-refractivity contribution in [3.05, 3.63) is 72.3 Å². The molecular weight excluding hydrogens is 316 g/mol. The van der Waals surface area contributed by atoms with E-state index in [9.17, 15) is 4.79 Å². The third-order valence-electron chi connectivity index (χ3n) is 3.62. The standard InChI is InChI=1S/C20H18N2O3/c1-24-19-9-5-4-8-17(19)13-21-22-20(23)14-25-18-11-10-15-6-2-3-7-16(15)12-18/h2-13H,14H2,1H3,(H,22,23)/b21-13-. The van der Waals surface area contributed by atoms with Crippen molar-refractivity contribution < 1.29 is 14.3 Å². The molecule has 3 aromatic rings. The number of hydrogen-bond acceptors (Lipinski definition) is 4. The van der Waals surface area contributed by atoms with Gasteiger partial charge in [0.1, 0.15) is 11.5 Å². The van der Waals surface area contributed by atoms with Crippen LogP contribution in [0.25, 0.3) is 10.8 Å². The summed E-state index contributed by atoms with van der Waals surface area (Å²) >= 11 is 0. The molecule has 0 bridgehead atoms. The van der Waals surface area contributed by atoms with Gasteiger partial charge in [0.25, 0.3) is 5.91 Å². The number of carbonyl (C=O) groups excluding carboxylic acids is 1. The highest BCUT2D eigenvalue weighted by Gasteiger charge is 2.03. The van der Waals surface area contributed by atoms with Crippen molar-refractivity contribution >= 4 is 22.9 Å². The fraction of sp³-hybridized carbons (Fsp3) is 0.100. The molecule has 5 heteroatoms. The van der Waals surface area contributed by atoms with Crippen molar-refractivity contribution in [3.63, 3.8) is 0 Å². The van der Waals surface area contributed by atoms with Gasteiger partial charge < -0.3 is 9.47 Å². The Morgan fingerprint density at radius 1 is 1.04 bits per heavy atom. The summed E-state index contributed by atoms with van der Waals surface area (Å²) in [6, 6.07) is 21.1. The van der Waals surface area contributed by atoms with Crippen molar-refractivity contribution in [2.75, 3.05) is 13.7 Å². The highest BCUT2D eigenvalue weighted by atomic mass is 16.5. The first kappa shape index (κ1) is 16.5. The van der Waals surface area contributed by atoms with E-state index >= 15 is 0 Å². The fourth-order valence-corrected chi connectivity index (χ4v) is 2.39. The first-order chi connectivity index (χ1) is 12.3. The minimum absolute atomic E-state index is 0.110. The Balaban J connectivity index is 1.54. The number of nitrogens with zero attached hydrogens (tertiary/aromatic N) is 1. The minimum Gasteiger partial charge on any atom is -0.496 e. The van der Waals surface area contributed by atoms with E-state index in [0.29, 0.717) is 11.5 Å². The number of amides is 1. The van der Waals surface area contributed by atoms with Gasteiger partial charge in [-0.05, 0) is 35.0 Å². The molecule has 5 nitrogen and oxygen atoms in total. The predicted molar refractivity (Wildman–Crippen MR) is 98.2 cm³/mol. The number of ether oxygens (including phenoxy) is 2. The molecule has 1 amide bonds. The molecule has 0 saturated heterocycles. The highest BCUT2D eigenvalue weighted by Crippen LogP contribution is 2.20. The lowest BCUT2D eigenvalue weighted by Gasteiger charge is -2.06. The monoisotopic (exact) mass is 334 g/mol. The van der Waals surface area contributed by atoms with Crippen molar-refractivity contribution in [3.8, 4) is 11.5 Å². The third kappa shape index (κ3) is 4.35. The highest BCUT2D eigenvalue weighted by molar-refractivity contribution is 5.86. The molecule has 0 radical (unpaired) electrons. The molecule has 3 aromatic carbocycles. The molecule has 0 saturated carbocycles. The second kappa shape index (κ2) is 7.97. The van der Waals surface area contributed by atoms with Gasteiger partial charge in [0.15, 0.2) is 6.61 Å². The number of para-hydroxylation sites is 1. The molecule has 0 fully saturated rings. The summed E-state index contributed by atoms with van der Waals surface area (Å²) in [4.78, 5) is 11.8. The Labute approximate surface area is 145 Å². The summed E-state index contributed by atoms with van der Waals surface area (Å²) in [5.41, 5.74) is 3.22. The molecule has 0 aliphatic carbocycles. The molecule has 0 atom stereocenters. The van der Waals surface area contributed by atoms with Crippen molar-refractivity contribution in [1.82, 2.24) is 5.43 Å². The molecule has 25 heavy (non-hydrogen) atoms. The van der Waals surface area contributed by atoms with Crippen LogP contribution in [0.3, 0.4) is 0 Å². The Bertz CT molecular complexity index is 906. The topological polar surface area (TPSA) is 59.9 Å². The van der Waals surface area contributed by atoms with E-state index in [4.69, 9.17) is 9.47 Å². The molecule has 0 aliphatic heterocycles. The number of hydrazone groups is 1. The van der Waals surface area contributed by atoms with Crippen LogP contribution in [0.4, 0.5) is 0 Å². The number of hydrogen-bond donors (Lipinski definition) is 1. The van der Waals surface area contributed by atoms with Gasteiger partial charge in [-0.25, -0.2) is 5.43 Å². The quantitative estimate of drug-likeness (QED) is 0.555. The summed E-state index contributed by atoms with van der Waals surface area (Å²) in [7, 11) is 1.59. The lowest BCUT2D eigenvalue weighted by Crippen LogP contribution is -2.24. The first-order valence-corrected chi connectivity index (χ1v) is 7.83. The van der Waals surface area contributed by atoms with Crippen LogP contribution < -0.4 is 14.9 Å². The SMILES string of the molecule is COc1ccccc1/C=N\NC(=O)COc1ccc2ccccc2c1. The van der Waals surface area contributed by atoms with Crippen LogP contribution in [-0.4, -0.2) is 25.8 Å². The average Bonchev–Trinajstić information content (AvgIpc) is 2.66. The zero-order valence-corrected chi connectivity index (χ0v) is 13.8. The minimum atomic E-state index is -0.334. The predicted octanol–water partition coefficient (Wildman–Crippen LogP) is 3.38. The molecule has 0 aliphatic rings. The number of nitrogens with one attached hydrogen (secondary N) is 1. The van der Waals surface area contributed by atoms with E-state index < -0.39 is 0 Å². The van der Waals surface area contributed by atoms with E-state index in [1.165, 1.54) is 6.21 Å². The number of rotatable bonds is 6. The van der Waals surface area contributed by atoms with Crippen molar-refractivity contribution in [2.24, 2.45) is 5.10 Å². The molecular formula is C20H18N2O3. The number of carbonyl (C=O) groups is 1. The molecule has 3 rings (SSSR count). The van der Waals surface area contributed by atoms with Crippen LogP contribution in [-0.2, 0) is 4.79 Å². The summed E-state index contributed by atoms with van der Waals surface area (Å²) in [5.74, 6) is 0.995. The van der Waals surface area contributed by atoms with Gasteiger partial charge in [0, 0.05) is 5.56 Å². The second-order valence-electron chi connectivity index (χ2n) is 5.33. The largest absolute Gasteiger partial charge is 0.496 e. The fourth-order valence-electron chi connectivity index (χ4n) is 2.39. The second-order valence-corrected chi connectivity index (χ2v) is 5.33. The lowest BCUT2D eigenvalue weighted by molar-refractivity contribution is -0.123. The zero-order chi connectivity index (χ0) is 17.5. The normalized spacial score (nSPS) is 10.8. The van der Waals surface area contributed by atoms with E-state index in [1.807, 2.05) is 66.7 Å². The third-order valence-corrected chi connectivity index (χ3v) is 3.62. The summed E-state index contributed by atoms with van der Waals surface area (Å²) in [5, 5.41) is 6.12. The van der Waals surface area contributed by atoms with E-state index in [2.05, 4.69) is 10.5 Å². The maximum absolute atomic E-state index is 11.8. The smallest absolute Gasteiger partial charge is 0.277 e. The molecule has 126 valence electrons. The molecule has 0 spiro atoms. The summed E-state index contributed by atoms with van der Waals surface area (Å²) in [6.07, 6.45) is 1.53. The van der Waals surface area contributed by atoms with Crippen LogP contribution in [0.5, 0.6) is 11.5 Å². The van der Waals surface area contributed by atoms with E-state index in [-0.39, 0.29) is 12.5 Å². The number of methoxy groups -OCH3 is 1. The zero-order valence-electron chi connectivity index (χ0n) is 13.8. The van der Waals surface area contributed by atoms with Gasteiger partial charge in [0.2, 0.25) is 0 Å². The van der Waals surface area contributed by atoms with Gasteiger partial charge in [0.05, 0.1) is 13.3 Å². The van der Waals surface area contributed by atoms with E-state index in [0.717, 1.165) is 16.3 Å². The van der Waals surface area contributed by atoms with Crippen LogP contribution in [0.15, 0.2) is 71.8 Å². The number of fused-ring (bicyclic) bond motifs is 1. The maximum atomic E-state index is 11.8. The summed E-state index contributed by atoms with van der Waals surface area (Å²) in [6.45, 7) is -0.110. The molecule has 0 heterocycles. The first-order valence-electron chi connectivity index (χ1n) is 7.83. The van der Waals surface area contributed by atoms with Gasteiger partial charge >= 0.3 is 0 Å². The van der Waals surface area contributed by atoms with Gasteiger partial charge in [-0.1, -0.05) is 42.5 Å². The van der Waals surface area contributed by atoms with Crippen LogP contribution in [0, 0.1) is 0 Å². The Morgan fingerprint density at radius 2 is 1.80 bits per heavy atom. The van der Waals surface area contributed by atoms with Crippen molar-refractivity contribution in [1.29, 1.82) is 0 Å². The van der Waals surface area contributed by atoms with Crippen LogP contribution in [0.1, 0.15) is 5.56 Å². The number of benzene rings is 3. The van der Waals surface area contributed by atoms with Crippen LogP contribution >= 0.6 is 0 Å². The van der Waals surface area contributed by atoms with Crippen molar-refractivity contribution in [2.45, 2.75) is 0 Å². The Morgan fingerprint density at radius 3 is 2.64 bits per heavy atom. The van der Waals surface area contributed by atoms with Crippen LogP contribution in [0.2, 0.25) is 0 Å². The molecule has 0 unspecified atom stereocenters. The average molecular weight is 334 g/mol. The molecule has 0 aromatic heterocycles. The maximum Gasteiger partial charge on any atom is 0.277 e. The summed E-state index contributed by atoms with van der Waals surface area (Å²) < 4.78 is 10.7. The van der Waals surface area contributed by atoms with Gasteiger partial charge in [-0.3, -0.25) is 4.79 Å². The molecule has 1 N–H and O–H groups in total. The Kier molecular flexibility index (Phi) is 5.26. The van der Waals surface area contributed by atoms with E-state index in [1.54, 1.807) is 7.11 Å². The van der Waals surface area contributed by atoms with Gasteiger partial charge in [-0.15, -0.1) is 0 Å².